The molecule has 2 aromatic rings. The van der Waals surface area contributed by atoms with Gasteiger partial charge in [-0.2, -0.15) is 31.4 Å². The molecule has 1 aromatic carbocycles. The maximum absolute atomic E-state index is 14.4. The normalized spacial score (nSPS) is 24.7. The first-order chi connectivity index (χ1) is 16.2. The third-order valence-electron chi connectivity index (χ3n) is 6.11. The number of alkyl halides is 5. The van der Waals surface area contributed by atoms with Crippen molar-refractivity contribution >= 4 is 11.6 Å². The minimum atomic E-state index is -5.01. The topological polar surface area (TPSA) is 85.6 Å². The van der Waals surface area contributed by atoms with Gasteiger partial charge in [-0.25, -0.2) is 4.39 Å². The van der Waals surface area contributed by atoms with Gasteiger partial charge in [0.15, 0.2) is 17.2 Å². The van der Waals surface area contributed by atoms with Crippen molar-refractivity contribution in [2.24, 2.45) is 5.92 Å². The minimum Gasteiger partial charge on any atom is -0.431 e. The van der Waals surface area contributed by atoms with E-state index in [4.69, 9.17) is 9.84 Å². The maximum atomic E-state index is 14.4. The van der Waals surface area contributed by atoms with Gasteiger partial charge in [0.05, 0.1) is 24.5 Å². The van der Waals surface area contributed by atoms with Crippen molar-refractivity contribution in [3.8, 4) is 5.75 Å². The average molecular weight is 513 g/mol. The maximum Gasteiger partial charge on any atom is 0.417 e. The highest BCUT2D eigenvalue weighted by Gasteiger charge is 2.66. The van der Waals surface area contributed by atoms with Crippen LogP contribution in [0, 0.1) is 24.5 Å². The van der Waals surface area contributed by atoms with E-state index in [1.54, 1.807) is 0 Å². The molecule has 0 saturated carbocycles. The number of benzene rings is 1. The van der Waals surface area contributed by atoms with E-state index in [1.807, 2.05) is 0 Å². The second kappa shape index (κ2) is 9.64. The van der Waals surface area contributed by atoms with Gasteiger partial charge in [-0.05, 0) is 19.9 Å². The molecule has 4 atom stereocenters. The number of aliphatic hydroxyl groups is 1. The lowest BCUT2D eigenvalue weighted by Gasteiger charge is -2.32. The molecule has 1 aliphatic heterocycles. The number of hydrogen-bond acceptors (Lipinski definition) is 5. The molecule has 2 heterocycles. The van der Waals surface area contributed by atoms with Crippen molar-refractivity contribution in [3.63, 3.8) is 0 Å². The number of rotatable bonds is 7. The zero-order valence-electron chi connectivity index (χ0n) is 18.7. The van der Waals surface area contributed by atoms with Gasteiger partial charge < -0.3 is 19.9 Å². The highest BCUT2D eigenvalue weighted by Crippen LogP contribution is 2.55. The Hall–Kier alpha value is -2.87. The largest absolute Gasteiger partial charge is 0.431 e. The quantitative estimate of drug-likeness (QED) is 0.544. The molecular formula is C21H22F7N3O4. The first-order valence-corrected chi connectivity index (χ1v) is 10.3. The van der Waals surface area contributed by atoms with Crippen LogP contribution in [0.5, 0.6) is 5.75 Å². The molecule has 1 saturated heterocycles. The summed E-state index contributed by atoms with van der Waals surface area (Å²) in [5, 5.41) is 15.4. The van der Waals surface area contributed by atoms with Gasteiger partial charge in [-0.3, -0.25) is 9.48 Å². The summed E-state index contributed by atoms with van der Waals surface area (Å²) in [6.45, 7) is -0.593. The van der Waals surface area contributed by atoms with Crippen LogP contribution in [0.4, 0.5) is 36.4 Å². The number of carbonyl (C=O) groups is 1. The lowest BCUT2D eigenvalue weighted by molar-refractivity contribution is -0.272. The van der Waals surface area contributed by atoms with Crippen molar-refractivity contribution < 1.29 is 50.1 Å². The van der Waals surface area contributed by atoms with Crippen LogP contribution in [0.2, 0.25) is 0 Å². The zero-order chi connectivity index (χ0) is 26.3. The number of ether oxygens (including phenoxy) is 2. The Morgan fingerprint density at radius 2 is 2.00 bits per heavy atom. The van der Waals surface area contributed by atoms with Crippen LogP contribution in [0.1, 0.15) is 31.0 Å². The van der Waals surface area contributed by atoms with Gasteiger partial charge in [0, 0.05) is 23.6 Å². The number of nitrogens with zero attached hydrogens (tertiary/aromatic N) is 2. The van der Waals surface area contributed by atoms with Crippen LogP contribution in [0.15, 0.2) is 18.3 Å². The standard InChI is InChI=1S/C21H22F7N3O4/c1-9-14(11-4-5-12(22)15(23)16(11)34-19(24)25)17(35-20(9,3)21(26,27)28)18(33)29-13-8-31(6-7-32)30-10(13)2/h4-5,8-9,14,17,19,32H,6-7H2,1-3H3,(H,29,33)/t9-,14-,17+,20+/m0/s1. The number of aromatic nitrogens is 2. The van der Waals surface area contributed by atoms with E-state index < -0.39 is 65.2 Å². The second-order valence-electron chi connectivity index (χ2n) is 8.22. The van der Waals surface area contributed by atoms with E-state index in [0.717, 1.165) is 13.0 Å². The summed E-state index contributed by atoms with van der Waals surface area (Å²) in [7, 11) is 0. The molecule has 7 nitrogen and oxygen atoms in total. The first-order valence-electron chi connectivity index (χ1n) is 10.3. The number of halogens is 7. The molecule has 14 heteroatoms. The van der Waals surface area contributed by atoms with Crippen LogP contribution < -0.4 is 10.1 Å². The lowest BCUT2D eigenvalue weighted by Crippen LogP contribution is -2.47. The Morgan fingerprint density at radius 3 is 2.57 bits per heavy atom. The number of aryl methyl sites for hydroxylation is 1. The summed E-state index contributed by atoms with van der Waals surface area (Å²) >= 11 is 0. The summed E-state index contributed by atoms with van der Waals surface area (Å²) < 4.78 is 107. The molecule has 0 aliphatic carbocycles. The third kappa shape index (κ3) is 4.94. The van der Waals surface area contributed by atoms with Crippen molar-refractivity contribution in [1.29, 1.82) is 0 Å². The number of anilines is 1. The zero-order valence-corrected chi connectivity index (χ0v) is 18.7. The molecular weight excluding hydrogens is 491 g/mol. The van der Waals surface area contributed by atoms with E-state index in [-0.39, 0.29) is 24.5 Å². The Balaban J connectivity index is 2.09. The molecule has 1 aromatic heterocycles. The van der Waals surface area contributed by atoms with Gasteiger partial charge >= 0.3 is 12.8 Å². The Kier molecular flexibility index (Phi) is 7.37. The average Bonchev–Trinajstić information content (AvgIpc) is 3.23. The minimum absolute atomic E-state index is 0.0750. The molecule has 3 rings (SSSR count). The van der Waals surface area contributed by atoms with E-state index in [1.165, 1.54) is 17.8 Å². The molecule has 35 heavy (non-hydrogen) atoms. The van der Waals surface area contributed by atoms with Gasteiger partial charge in [0.1, 0.15) is 6.10 Å². The summed E-state index contributed by atoms with van der Waals surface area (Å²) in [4.78, 5) is 13.1. The van der Waals surface area contributed by atoms with Gasteiger partial charge in [-0.1, -0.05) is 13.0 Å². The molecule has 0 radical (unpaired) electrons. The Morgan fingerprint density at radius 1 is 1.34 bits per heavy atom. The van der Waals surface area contributed by atoms with Crippen molar-refractivity contribution in [3.05, 3.63) is 41.2 Å². The molecule has 1 amide bonds. The lowest BCUT2D eigenvalue weighted by atomic mass is 9.77. The Bertz CT molecular complexity index is 1090. The number of amides is 1. The number of aliphatic hydroxyl groups excluding tert-OH is 1. The smallest absolute Gasteiger partial charge is 0.417 e. The van der Waals surface area contributed by atoms with Crippen LogP contribution in [0.25, 0.3) is 0 Å². The highest BCUT2D eigenvalue weighted by molar-refractivity contribution is 5.95. The third-order valence-corrected chi connectivity index (χ3v) is 6.11. The molecule has 0 spiro atoms. The molecule has 0 unspecified atom stereocenters. The van der Waals surface area contributed by atoms with E-state index in [2.05, 4.69) is 15.2 Å². The second-order valence-corrected chi connectivity index (χ2v) is 8.22. The van der Waals surface area contributed by atoms with Crippen molar-refractivity contribution in [2.45, 2.75) is 57.7 Å². The van der Waals surface area contributed by atoms with Gasteiger partial charge in [0.25, 0.3) is 5.91 Å². The monoisotopic (exact) mass is 513 g/mol. The first kappa shape index (κ1) is 26.7. The fourth-order valence-electron chi connectivity index (χ4n) is 4.10. The molecule has 1 fully saturated rings. The molecule has 0 bridgehead atoms. The summed E-state index contributed by atoms with van der Waals surface area (Å²) in [5.41, 5.74) is -3.17. The molecule has 1 aliphatic rings. The van der Waals surface area contributed by atoms with Crippen LogP contribution >= 0.6 is 0 Å². The van der Waals surface area contributed by atoms with Crippen LogP contribution in [-0.4, -0.2) is 51.9 Å². The van der Waals surface area contributed by atoms with E-state index in [0.29, 0.717) is 13.0 Å². The summed E-state index contributed by atoms with van der Waals surface area (Å²) in [5.74, 6) is -9.08. The Labute approximate surface area is 194 Å². The fourth-order valence-corrected chi connectivity index (χ4v) is 4.10. The molecule has 194 valence electrons. The predicted octanol–water partition coefficient (Wildman–Crippen LogP) is 4.14. The predicted molar refractivity (Wildman–Crippen MR) is 107 cm³/mol. The van der Waals surface area contributed by atoms with Gasteiger partial charge in [0.2, 0.25) is 5.82 Å². The molecule has 2 N–H and O–H groups in total. The SMILES string of the molecule is Cc1nn(CCO)cc1NC(=O)[C@@H]1O[C@@](C)(C(F)(F)F)[C@@H](C)[C@H]1c1ccc(F)c(F)c1OC(F)F. The number of hydrogen-bond donors (Lipinski definition) is 2. The van der Waals surface area contributed by atoms with Crippen molar-refractivity contribution in [2.75, 3.05) is 11.9 Å². The fraction of sp³-hybridized carbons (Fsp3) is 0.524. The highest BCUT2D eigenvalue weighted by atomic mass is 19.4. The van der Waals surface area contributed by atoms with Crippen LogP contribution in [0.3, 0.4) is 0 Å². The number of carbonyl (C=O) groups excluding carboxylic acids is 1. The van der Waals surface area contributed by atoms with Crippen molar-refractivity contribution in [1.82, 2.24) is 9.78 Å². The van der Waals surface area contributed by atoms with Gasteiger partial charge in [-0.15, -0.1) is 0 Å². The summed E-state index contributed by atoms with van der Waals surface area (Å²) in [6.07, 6.45) is -5.64. The van der Waals surface area contributed by atoms with E-state index >= 15 is 0 Å². The van der Waals surface area contributed by atoms with Crippen LogP contribution in [-0.2, 0) is 16.1 Å². The summed E-state index contributed by atoms with van der Waals surface area (Å²) in [6, 6.07) is 1.32. The number of nitrogens with one attached hydrogen (secondary N) is 1. The van der Waals surface area contributed by atoms with E-state index in [9.17, 15) is 35.5 Å².